The number of hydrogen-bond donors (Lipinski definition) is 1. The number of aromatic nitrogens is 4. The van der Waals surface area contributed by atoms with E-state index < -0.39 is 0 Å². The minimum Gasteiger partial charge on any atom is -0.363 e. The minimum atomic E-state index is -0.265. The molecule has 1 saturated heterocycles. The summed E-state index contributed by atoms with van der Waals surface area (Å²) in [5.74, 6) is 1.44. The fourth-order valence-corrected chi connectivity index (χ4v) is 4.41. The van der Waals surface area contributed by atoms with E-state index in [0.717, 1.165) is 28.2 Å². The number of pyridine rings is 1. The lowest BCUT2D eigenvalue weighted by Gasteiger charge is -2.36. The molecule has 170 valence electrons. The molecule has 8 nitrogen and oxygen atoms in total. The lowest BCUT2D eigenvalue weighted by Crippen LogP contribution is -2.48. The van der Waals surface area contributed by atoms with E-state index in [1.54, 1.807) is 36.8 Å². The maximum atomic E-state index is 14.3. The highest BCUT2D eigenvalue weighted by atomic mass is 19.1. The number of rotatable bonds is 4. The molecule has 1 aliphatic heterocycles. The molecule has 1 atom stereocenters. The van der Waals surface area contributed by atoms with Gasteiger partial charge < -0.3 is 15.1 Å². The van der Waals surface area contributed by atoms with Crippen molar-refractivity contribution in [3.63, 3.8) is 0 Å². The Morgan fingerprint density at radius 2 is 1.91 bits per heavy atom. The lowest BCUT2D eigenvalue weighted by molar-refractivity contribution is -0.129. The number of hydrogen-bond acceptors (Lipinski definition) is 6. The Kier molecular flexibility index (Phi) is 5.32. The van der Waals surface area contributed by atoms with E-state index in [4.69, 9.17) is 4.98 Å². The molecule has 1 N–H and O–H groups in total. The van der Waals surface area contributed by atoms with Crippen LogP contribution in [0.15, 0.2) is 42.7 Å². The van der Waals surface area contributed by atoms with Crippen LogP contribution in [0, 0.1) is 12.7 Å². The molecule has 0 radical (unpaired) electrons. The summed E-state index contributed by atoms with van der Waals surface area (Å²) in [7, 11) is 0. The van der Waals surface area contributed by atoms with E-state index in [9.17, 15) is 9.18 Å². The number of carbonyl (C=O) groups is 1. The predicted molar refractivity (Wildman–Crippen MR) is 126 cm³/mol. The number of fused-ring (bicyclic) bond motifs is 2. The number of anilines is 2. The molecular weight excluding hydrogens is 421 g/mol. The molecule has 1 aliphatic rings. The summed E-state index contributed by atoms with van der Waals surface area (Å²) in [4.78, 5) is 25.1. The molecule has 1 unspecified atom stereocenters. The molecule has 5 rings (SSSR count). The van der Waals surface area contributed by atoms with Gasteiger partial charge in [-0.15, -0.1) is 0 Å². The first-order valence-corrected chi connectivity index (χ1v) is 11.1. The number of aryl methyl sites for hydroxylation is 1. The minimum absolute atomic E-state index is 0.0789. The van der Waals surface area contributed by atoms with Crippen molar-refractivity contribution in [1.29, 1.82) is 0 Å². The summed E-state index contributed by atoms with van der Waals surface area (Å²) in [5.41, 5.74) is 2.96. The fourth-order valence-electron chi connectivity index (χ4n) is 4.41. The van der Waals surface area contributed by atoms with Gasteiger partial charge in [0.25, 0.3) is 0 Å². The van der Waals surface area contributed by atoms with E-state index in [1.807, 2.05) is 17.0 Å². The molecule has 33 heavy (non-hydrogen) atoms. The lowest BCUT2D eigenvalue weighted by atomic mass is 10.0. The largest absolute Gasteiger partial charge is 0.363 e. The Labute approximate surface area is 191 Å². The molecule has 9 heteroatoms. The van der Waals surface area contributed by atoms with Crippen LogP contribution in [0.2, 0.25) is 0 Å². The van der Waals surface area contributed by atoms with Gasteiger partial charge in [0.1, 0.15) is 17.5 Å². The number of halogens is 1. The van der Waals surface area contributed by atoms with E-state index in [0.29, 0.717) is 37.3 Å². The maximum Gasteiger partial charge on any atom is 0.219 e. The van der Waals surface area contributed by atoms with Crippen molar-refractivity contribution < 1.29 is 9.18 Å². The zero-order chi connectivity index (χ0) is 23.1. The number of amides is 1. The monoisotopic (exact) mass is 447 g/mol. The van der Waals surface area contributed by atoms with Gasteiger partial charge in [-0.2, -0.15) is 9.61 Å². The third kappa shape index (κ3) is 3.83. The van der Waals surface area contributed by atoms with Crippen molar-refractivity contribution in [2.24, 2.45) is 0 Å². The van der Waals surface area contributed by atoms with Crippen LogP contribution in [0.3, 0.4) is 0 Å². The molecule has 1 amide bonds. The third-order valence-corrected chi connectivity index (χ3v) is 6.33. The van der Waals surface area contributed by atoms with Crippen LogP contribution in [-0.2, 0) is 4.79 Å². The second-order valence-electron chi connectivity index (χ2n) is 8.44. The van der Waals surface area contributed by atoms with Crippen molar-refractivity contribution in [2.45, 2.75) is 26.8 Å². The molecule has 0 aliphatic carbocycles. The number of carbonyl (C=O) groups excluding carboxylic acids is 1. The summed E-state index contributed by atoms with van der Waals surface area (Å²) in [6.07, 6.45) is 3.46. The van der Waals surface area contributed by atoms with Crippen molar-refractivity contribution >= 4 is 34.1 Å². The van der Waals surface area contributed by atoms with Gasteiger partial charge in [0.05, 0.1) is 17.8 Å². The first-order chi connectivity index (χ1) is 15.9. The molecule has 0 spiro atoms. The third-order valence-electron chi connectivity index (χ3n) is 6.33. The highest BCUT2D eigenvalue weighted by Crippen LogP contribution is 2.33. The Balaban J connectivity index is 1.56. The maximum absolute atomic E-state index is 14.3. The number of benzene rings is 1. The Bertz CT molecular complexity index is 1340. The van der Waals surface area contributed by atoms with E-state index >= 15 is 0 Å². The molecule has 4 aromatic rings. The van der Waals surface area contributed by atoms with Crippen molar-refractivity contribution in [3.05, 3.63) is 59.7 Å². The average molecular weight is 448 g/mol. The zero-order valence-electron chi connectivity index (χ0n) is 18.9. The highest BCUT2D eigenvalue weighted by molar-refractivity contribution is 5.85. The van der Waals surface area contributed by atoms with Gasteiger partial charge in [0, 0.05) is 61.9 Å². The van der Waals surface area contributed by atoms with Crippen LogP contribution >= 0.6 is 0 Å². The van der Waals surface area contributed by atoms with Crippen LogP contribution in [0.4, 0.5) is 16.0 Å². The average Bonchev–Trinajstić information content (AvgIpc) is 3.31. The summed E-state index contributed by atoms with van der Waals surface area (Å²) in [6.45, 7) is 8.04. The Morgan fingerprint density at radius 1 is 1.12 bits per heavy atom. The van der Waals surface area contributed by atoms with Crippen LogP contribution in [-0.4, -0.2) is 56.6 Å². The molecular formula is C24H26FN7O. The smallest absolute Gasteiger partial charge is 0.219 e. The molecule has 1 fully saturated rings. The van der Waals surface area contributed by atoms with E-state index in [1.165, 1.54) is 6.07 Å². The number of nitrogens with zero attached hydrogens (tertiary/aromatic N) is 6. The van der Waals surface area contributed by atoms with Crippen LogP contribution in [0.1, 0.15) is 31.0 Å². The second-order valence-corrected chi connectivity index (χ2v) is 8.44. The van der Waals surface area contributed by atoms with Gasteiger partial charge in [-0.1, -0.05) is 0 Å². The summed E-state index contributed by atoms with van der Waals surface area (Å²) in [5, 5.41) is 8.79. The normalized spacial score (nSPS) is 15.3. The van der Waals surface area contributed by atoms with Gasteiger partial charge in [-0.25, -0.2) is 14.4 Å². The summed E-state index contributed by atoms with van der Waals surface area (Å²) in [6, 6.07) is 8.98. The Morgan fingerprint density at radius 3 is 2.67 bits per heavy atom. The SMILES string of the molecule is CC(=O)N1CCN(c2nc3c(C)c(F)ccc3cc2C(C)Nc2ccnc3ccnn23)CC1. The van der Waals surface area contributed by atoms with E-state index in [-0.39, 0.29) is 17.8 Å². The number of piperazine rings is 1. The Hall–Kier alpha value is -3.75. The van der Waals surface area contributed by atoms with Crippen LogP contribution < -0.4 is 10.2 Å². The van der Waals surface area contributed by atoms with Gasteiger partial charge in [-0.3, -0.25) is 4.79 Å². The van der Waals surface area contributed by atoms with Crippen LogP contribution in [0.5, 0.6) is 0 Å². The van der Waals surface area contributed by atoms with Crippen LogP contribution in [0.25, 0.3) is 16.6 Å². The number of nitrogens with one attached hydrogen (secondary N) is 1. The molecule has 3 aromatic heterocycles. The topological polar surface area (TPSA) is 78.7 Å². The summed E-state index contributed by atoms with van der Waals surface area (Å²) >= 11 is 0. The van der Waals surface area contributed by atoms with Gasteiger partial charge >= 0.3 is 0 Å². The van der Waals surface area contributed by atoms with Crippen molar-refractivity contribution in [3.8, 4) is 0 Å². The molecule has 0 bridgehead atoms. The predicted octanol–water partition coefficient (Wildman–Crippen LogP) is 3.57. The van der Waals surface area contributed by atoms with Gasteiger partial charge in [0.15, 0.2) is 5.65 Å². The van der Waals surface area contributed by atoms with Crippen molar-refractivity contribution in [2.75, 3.05) is 36.4 Å². The highest BCUT2D eigenvalue weighted by Gasteiger charge is 2.25. The summed E-state index contributed by atoms with van der Waals surface area (Å²) < 4.78 is 16.1. The second kappa shape index (κ2) is 8.31. The van der Waals surface area contributed by atoms with Gasteiger partial charge in [-0.05, 0) is 38.1 Å². The van der Waals surface area contributed by atoms with E-state index in [2.05, 4.69) is 33.3 Å². The van der Waals surface area contributed by atoms with Gasteiger partial charge in [0.2, 0.25) is 5.91 Å². The first kappa shape index (κ1) is 21.1. The first-order valence-electron chi connectivity index (χ1n) is 11.1. The van der Waals surface area contributed by atoms with Crippen molar-refractivity contribution in [1.82, 2.24) is 24.5 Å². The molecule has 4 heterocycles. The standard InChI is InChI=1S/C24H26FN7O/c1-15-20(25)5-4-18-14-19(16(2)28-22-6-8-26-21-7-9-27-32(21)22)24(29-23(15)18)31-12-10-30(11-13-31)17(3)33/h4-9,14,16,28H,10-13H2,1-3H3. The quantitative estimate of drug-likeness (QED) is 0.515. The zero-order valence-corrected chi connectivity index (χ0v) is 18.9. The fraction of sp³-hybridized carbons (Fsp3) is 0.333. The molecule has 1 aromatic carbocycles. The molecule has 0 saturated carbocycles.